The monoisotopic (exact) mass is 254 g/mol. The molecule has 3 nitrogen and oxygen atoms in total. The quantitative estimate of drug-likeness (QED) is 0.791. The van der Waals surface area contributed by atoms with Gasteiger partial charge in [-0.05, 0) is 52.1 Å². The molecule has 1 atom stereocenters. The van der Waals surface area contributed by atoms with E-state index in [4.69, 9.17) is 10.5 Å². The molecule has 1 saturated carbocycles. The Balaban J connectivity index is 1.72. The van der Waals surface area contributed by atoms with Gasteiger partial charge in [-0.2, -0.15) is 0 Å². The normalized spacial score (nSPS) is 27.8. The van der Waals surface area contributed by atoms with Gasteiger partial charge in [-0.15, -0.1) is 0 Å². The Kier molecular flexibility index (Phi) is 5.46. The molecule has 18 heavy (non-hydrogen) atoms. The van der Waals surface area contributed by atoms with Crippen molar-refractivity contribution in [3.05, 3.63) is 0 Å². The van der Waals surface area contributed by atoms with Crippen molar-refractivity contribution in [1.82, 2.24) is 4.90 Å². The van der Waals surface area contributed by atoms with Gasteiger partial charge in [0.15, 0.2) is 0 Å². The fraction of sp³-hybridized carbons (Fsp3) is 1.00. The van der Waals surface area contributed by atoms with Crippen LogP contribution < -0.4 is 5.73 Å². The third-order valence-electron chi connectivity index (χ3n) is 5.02. The van der Waals surface area contributed by atoms with Gasteiger partial charge < -0.3 is 10.5 Å². The first-order valence-electron chi connectivity index (χ1n) is 7.80. The molecule has 0 spiro atoms. The number of nitrogens with two attached hydrogens (primary N) is 1. The van der Waals surface area contributed by atoms with E-state index in [2.05, 4.69) is 11.9 Å². The zero-order chi connectivity index (χ0) is 12.8. The number of ether oxygens (including phenoxy) is 1. The van der Waals surface area contributed by atoms with Gasteiger partial charge >= 0.3 is 0 Å². The number of likely N-dealkylation sites (N-methyl/N-ethyl adjacent to an activating group) is 1. The third-order valence-corrected chi connectivity index (χ3v) is 5.02. The van der Waals surface area contributed by atoms with Crippen LogP contribution in [0.15, 0.2) is 0 Å². The van der Waals surface area contributed by atoms with Gasteiger partial charge in [0.05, 0.1) is 6.10 Å². The summed E-state index contributed by atoms with van der Waals surface area (Å²) in [6.45, 7) is 2.98. The minimum atomic E-state index is 0.300. The maximum atomic E-state index is 6.07. The molecule has 1 unspecified atom stereocenters. The Morgan fingerprint density at radius 1 is 1.22 bits per heavy atom. The molecular weight excluding hydrogens is 224 g/mol. The molecule has 0 aromatic carbocycles. The second-order valence-electron chi connectivity index (χ2n) is 6.19. The van der Waals surface area contributed by atoms with Crippen LogP contribution in [0, 0.1) is 0 Å². The Hall–Kier alpha value is -0.120. The molecule has 0 aromatic rings. The average Bonchev–Trinajstić information content (AvgIpc) is 2.92. The van der Waals surface area contributed by atoms with E-state index in [1.54, 1.807) is 0 Å². The van der Waals surface area contributed by atoms with Crippen molar-refractivity contribution < 1.29 is 4.74 Å². The van der Waals surface area contributed by atoms with E-state index in [0.29, 0.717) is 11.6 Å². The molecule has 106 valence electrons. The van der Waals surface area contributed by atoms with Crippen molar-refractivity contribution in [3.8, 4) is 0 Å². The summed E-state index contributed by atoms with van der Waals surface area (Å²) >= 11 is 0. The lowest BCUT2D eigenvalue weighted by Gasteiger charge is -2.44. The molecule has 0 bridgehead atoms. The summed E-state index contributed by atoms with van der Waals surface area (Å²) in [5.74, 6) is 0. The number of hydrogen-bond donors (Lipinski definition) is 1. The van der Waals surface area contributed by atoms with Crippen LogP contribution in [-0.4, -0.2) is 43.3 Å². The predicted octanol–water partition coefficient (Wildman–Crippen LogP) is 2.54. The van der Waals surface area contributed by atoms with Gasteiger partial charge in [0.1, 0.15) is 0 Å². The van der Waals surface area contributed by atoms with Crippen LogP contribution in [-0.2, 0) is 4.74 Å². The summed E-state index contributed by atoms with van der Waals surface area (Å²) < 4.78 is 5.69. The molecule has 1 heterocycles. The summed E-state index contributed by atoms with van der Waals surface area (Å²) in [6.07, 6.45) is 12.2. The van der Waals surface area contributed by atoms with Crippen LogP contribution in [0.1, 0.15) is 57.8 Å². The van der Waals surface area contributed by atoms with E-state index in [1.165, 1.54) is 64.3 Å². The zero-order valence-corrected chi connectivity index (χ0v) is 12.0. The highest BCUT2D eigenvalue weighted by molar-refractivity contribution is 4.92. The number of rotatable bonds is 6. The molecule has 0 radical (unpaired) electrons. The maximum absolute atomic E-state index is 6.07. The second-order valence-corrected chi connectivity index (χ2v) is 6.19. The highest BCUT2D eigenvalue weighted by Gasteiger charge is 2.34. The van der Waals surface area contributed by atoms with Crippen molar-refractivity contribution in [3.63, 3.8) is 0 Å². The van der Waals surface area contributed by atoms with E-state index >= 15 is 0 Å². The van der Waals surface area contributed by atoms with Crippen LogP contribution in [0.25, 0.3) is 0 Å². The van der Waals surface area contributed by atoms with Gasteiger partial charge in [-0.3, -0.25) is 4.90 Å². The van der Waals surface area contributed by atoms with Gasteiger partial charge in [0.25, 0.3) is 0 Å². The van der Waals surface area contributed by atoms with Crippen molar-refractivity contribution >= 4 is 0 Å². The highest BCUT2D eigenvalue weighted by atomic mass is 16.5. The molecule has 1 aliphatic carbocycles. The molecule has 0 amide bonds. The lowest BCUT2D eigenvalue weighted by molar-refractivity contribution is 0.0675. The first-order chi connectivity index (χ1) is 8.77. The number of nitrogens with zero attached hydrogens (tertiary/aromatic N) is 1. The third kappa shape index (κ3) is 3.46. The molecule has 2 rings (SSSR count). The van der Waals surface area contributed by atoms with Gasteiger partial charge in [-0.25, -0.2) is 0 Å². The standard InChI is InChI=1S/C15H30N2O/c1-17(11-5-7-14-8-6-12-18-14)15(13-16)9-3-2-4-10-15/h14H,2-13,16H2,1H3. The largest absolute Gasteiger partial charge is 0.378 e. The SMILES string of the molecule is CN(CCCC1CCCO1)C1(CN)CCCCC1. The second kappa shape index (κ2) is 6.88. The van der Waals surface area contributed by atoms with Crippen LogP contribution in [0.4, 0.5) is 0 Å². The first-order valence-corrected chi connectivity index (χ1v) is 7.80. The molecule has 2 N–H and O–H groups in total. The van der Waals surface area contributed by atoms with Gasteiger partial charge in [0.2, 0.25) is 0 Å². The Morgan fingerprint density at radius 2 is 2.00 bits per heavy atom. The molecule has 1 aliphatic heterocycles. The summed E-state index contributed by atoms with van der Waals surface area (Å²) in [4.78, 5) is 2.54. The predicted molar refractivity (Wildman–Crippen MR) is 75.7 cm³/mol. The van der Waals surface area contributed by atoms with Crippen LogP contribution in [0.2, 0.25) is 0 Å². The van der Waals surface area contributed by atoms with E-state index in [-0.39, 0.29) is 0 Å². The summed E-state index contributed by atoms with van der Waals surface area (Å²) in [6, 6.07) is 0. The number of hydrogen-bond acceptors (Lipinski definition) is 3. The first kappa shape index (κ1) is 14.3. The Labute approximate surface area is 112 Å². The van der Waals surface area contributed by atoms with Crippen LogP contribution in [0.3, 0.4) is 0 Å². The van der Waals surface area contributed by atoms with Crippen molar-refractivity contribution in [2.75, 3.05) is 26.7 Å². The summed E-state index contributed by atoms with van der Waals surface area (Å²) in [5, 5.41) is 0. The molecule has 1 saturated heterocycles. The van der Waals surface area contributed by atoms with Gasteiger partial charge in [-0.1, -0.05) is 19.3 Å². The highest BCUT2D eigenvalue weighted by Crippen LogP contribution is 2.32. The van der Waals surface area contributed by atoms with Crippen LogP contribution >= 0.6 is 0 Å². The van der Waals surface area contributed by atoms with E-state index in [1.807, 2.05) is 0 Å². The van der Waals surface area contributed by atoms with E-state index in [0.717, 1.165) is 13.2 Å². The smallest absolute Gasteiger partial charge is 0.0576 e. The van der Waals surface area contributed by atoms with E-state index in [9.17, 15) is 0 Å². The molecule has 3 heteroatoms. The lowest BCUT2D eigenvalue weighted by Crippen LogP contribution is -2.53. The van der Waals surface area contributed by atoms with Crippen LogP contribution in [0.5, 0.6) is 0 Å². The minimum absolute atomic E-state index is 0.300. The summed E-state index contributed by atoms with van der Waals surface area (Å²) in [7, 11) is 2.27. The van der Waals surface area contributed by atoms with Crippen molar-refractivity contribution in [2.24, 2.45) is 5.73 Å². The maximum Gasteiger partial charge on any atom is 0.0576 e. The molecule has 2 fully saturated rings. The zero-order valence-electron chi connectivity index (χ0n) is 12.0. The lowest BCUT2D eigenvalue weighted by atomic mass is 9.80. The summed E-state index contributed by atoms with van der Waals surface area (Å²) in [5.41, 5.74) is 6.37. The van der Waals surface area contributed by atoms with Crippen molar-refractivity contribution in [2.45, 2.75) is 69.4 Å². The Morgan fingerprint density at radius 3 is 2.61 bits per heavy atom. The molecule has 0 aromatic heterocycles. The average molecular weight is 254 g/mol. The fourth-order valence-electron chi connectivity index (χ4n) is 3.62. The minimum Gasteiger partial charge on any atom is -0.378 e. The Bertz CT molecular complexity index is 233. The van der Waals surface area contributed by atoms with Gasteiger partial charge in [0, 0.05) is 18.7 Å². The fourth-order valence-corrected chi connectivity index (χ4v) is 3.62. The van der Waals surface area contributed by atoms with E-state index < -0.39 is 0 Å². The molecular formula is C15H30N2O. The topological polar surface area (TPSA) is 38.5 Å². The van der Waals surface area contributed by atoms with Crippen molar-refractivity contribution in [1.29, 1.82) is 0 Å². The molecule has 2 aliphatic rings.